The summed E-state index contributed by atoms with van der Waals surface area (Å²) >= 11 is 0. The van der Waals surface area contributed by atoms with Crippen LogP contribution in [-0.4, -0.2) is 52.1 Å². The van der Waals surface area contributed by atoms with Crippen molar-refractivity contribution in [2.75, 3.05) is 52.0 Å². The van der Waals surface area contributed by atoms with E-state index in [0.717, 1.165) is 168 Å². The highest BCUT2D eigenvalue weighted by Gasteiger charge is 2.24. The lowest BCUT2D eigenvalue weighted by atomic mass is 9.92. The number of hydrogen-bond donors (Lipinski definition) is 0. The van der Waals surface area contributed by atoms with Gasteiger partial charge in [-0.3, -0.25) is 0 Å². The average Bonchev–Trinajstić information content (AvgIpc) is 3.72. The van der Waals surface area contributed by atoms with Crippen LogP contribution in [0.15, 0.2) is 59.0 Å². The predicted molar refractivity (Wildman–Crippen MR) is 251 cm³/mol. The molecule has 0 amide bonds. The van der Waals surface area contributed by atoms with Gasteiger partial charge in [-0.1, -0.05) is 98.8 Å². The topological polar surface area (TPSA) is 75.4 Å². The van der Waals surface area contributed by atoms with Crippen LogP contribution in [-0.2, 0) is 0 Å². The number of aromatic nitrogens is 1. The lowest BCUT2D eigenvalue weighted by Crippen LogP contribution is -2.07. The molecule has 8 heteroatoms. The number of hydrogen-bond acceptors (Lipinski definition) is 8. The number of ether oxygens (including phenoxy) is 5. The Morgan fingerprint density at radius 1 is 0.450 bits per heavy atom. The van der Waals surface area contributed by atoms with Crippen LogP contribution in [0.2, 0.25) is 0 Å². The molecule has 0 aliphatic rings. The van der Waals surface area contributed by atoms with E-state index in [1.54, 1.807) is 0 Å². The summed E-state index contributed by atoms with van der Waals surface area (Å²) in [5, 5.41) is 6.15. The molecule has 0 aliphatic heterocycles. The summed E-state index contributed by atoms with van der Waals surface area (Å²) in [6.07, 6.45) is 16.0. The summed E-state index contributed by atoms with van der Waals surface area (Å²) in [7, 11) is 4.09. The quantitative estimate of drug-likeness (QED) is 0.0376. The Labute approximate surface area is 358 Å². The molecule has 0 radical (unpaired) electrons. The van der Waals surface area contributed by atoms with Crippen LogP contribution in [0.5, 0.6) is 28.7 Å². The van der Waals surface area contributed by atoms with Crippen LogP contribution >= 0.6 is 0 Å². The Hall–Kier alpha value is -4.85. The fraction of sp³-hybridized carbons (Fsp3) is 0.519. The lowest BCUT2D eigenvalue weighted by Gasteiger charge is -2.20. The van der Waals surface area contributed by atoms with Crippen molar-refractivity contribution in [2.24, 2.45) is 0 Å². The molecular formula is C52H70N2O6. The first kappa shape index (κ1) is 44.7. The van der Waals surface area contributed by atoms with Crippen LogP contribution in [0.3, 0.4) is 0 Å². The monoisotopic (exact) mass is 819 g/mol. The minimum atomic E-state index is 0.553. The molecule has 0 fully saturated rings. The van der Waals surface area contributed by atoms with Gasteiger partial charge in [0.05, 0.1) is 33.0 Å². The maximum absolute atomic E-state index is 6.77. The molecule has 1 heterocycles. The zero-order valence-corrected chi connectivity index (χ0v) is 37.7. The van der Waals surface area contributed by atoms with Gasteiger partial charge in [0, 0.05) is 30.7 Å². The zero-order chi connectivity index (χ0) is 42.3. The molecule has 0 spiro atoms. The summed E-state index contributed by atoms with van der Waals surface area (Å²) < 4.78 is 39.9. The number of anilines is 1. The molecule has 0 unspecified atom stereocenters. The van der Waals surface area contributed by atoms with Crippen molar-refractivity contribution < 1.29 is 28.1 Å². The van der Waals surface area contributed by atoms with Crippen molar-refractivity contribution in [1.29, 1.82) is 0 Å². The van der Waals surface area contributed by atoms with Crippen LogP contribution in [0.1, 0.15) is 131 Å². The van der Waals surface area contributed by atoms with Gasteiger partial charge >= 0.3 is 0 Å². The summed E-state index contributed by atoms with van der Waals surface area (Å²) in [6.45, 7) is 14.2. The maximum Gasteiger partial charge on any atom is 0.227 e. The Balaban J connectivity index is 1.67. The van der Waals surface area contributed by atoms with Gasteiger partial charge in [0.2, 0.25) is 5.89 Å². The van der Waals surface area contributed by atoms with Crippen molar-refractivity contribution >= 4 is 49.1 Å². The minimum Gasteiger partial charge on any atom is -0.490 e. The highest BCUT2D eigenvalue weighted by atomic mass is 16.5. The first-order valence-corrected chi connectivity index (χ1v) is 23.2. The summed E-state index contributed by atoms with van der Waals surface area (Å²) in [4.78, 5) is 7.43. The van der Waals surface area contributed by atoms with E-state index in [1.807, 2.05) is 14.1 Å². The van der Waals surface area contributed by atoms with Crippen LogP contribution in [0.25, 0.3) is 54.9 Å². The van der Waals surface area contributed by atoms with Crippen molar-refractivity contribution in [1.82, 2.24) is 4.98 Å². The van der Waals surface area contributed by atoms with Gasteiger partial charge in [-0.05, 0) is 114 Å². The van der Waals surface area contributed by atoms with E-state index in [4.69, 9.17) is 33.1 Å². The molecule has 0 bridgehead atoms. The van der Waals surface area contributed by atoms with Gasteiger partial charge in [0.15, 0.2) is 34.3 Å². The number of nitrogens with zero attached hydrogens (tertiary/aromatic N) is 2. The first-order valence-electron chi connectivity index (χ1n) is 23.2. The Bertz CT molecular complexity index is 2210. The van der Waals surface area contributed by atoms with Gasteiger partial charge in [-0.2, -0.15) is 0 Å². The largest absolute Gasteiger partial charge is 0.490 e. The van der Waals surface area contributed by atoms with Crippen LogP contribution < -0.4 is 28.6 Å². The minimum absolute atomic E-state index is 0.553. The molecule has 0 atom stereocenters. The number of fused-ring (bicyclic) bond motifs is 8. The second-order valence-electron chi connectivity index (χ2n) is 16.4. The number of rotatable bonds is 27. The molecule has 1 aromatic heterocycles. The standard InChI is InChI=1S/C52H70N2O6/c1-8-13-18-27-55-44-32-39-40-33-46(57-29-20-15-10-3)47(58-30-21-16-11-4)35-42(40)49-43(41(39)34-45(44)56-28-19-14-9-2)36-48(59-31-22-17-12-5)51-50(49)53-52(60-51)37-23-25-38(26-24-37)54(6)7/h23-26,32-36H,8-22,27-31H2,1-7H3. The normalized spacial score (nSPS) is 11.6. The zero-order valence-electron chi connectivity index (χ0n) is 37.7. The smallest absolute Gasteiger partial charge is 0.227 e. The van der Waals surface area contributed by atoms with Crippen molar-refractivity contribution in [3.05, 3.63) is 54.6 Å². The fourth-order valence-corrected chi connectivity index (χ4v) is 7.79. The SMILES string of the molecule is CCCCCOc1cc2c3cc(OCCCCC)c(OCCCCC)cc3c3c(cc(OCCCCC)c4oc(-c5ccc(N(C)C)cc5)nc43)c2cc1OCCCCC. The van der Waals surface area contributed by atoms with Crippen LogP contribution in [0.4, 0.5) is 5.69 Å². The molecule has 0 saturated heterocycles. The Morgan fingerprint density at radius 2 is 0.800 bits per heavy atom. The Morgan fingerprint density at radius 3 is 1.18 bits per heavy atom. The van der Waals surface area contributed by atoms with Crippen molar-refractivity contribution in [3.63, 3.8) is 0 Å². The number of unbranched alkanes of at least 4 members (excludes halogenated alkanes) is 10. The summed E-state index contributed by atoms with van der Waals surface area (Å²) in [6, 6.07) is 19.2. The molecule has 60 heavy (non-hydrogen) atoms. The second kappa shape index (κ2) is 22.7. The van der Waals surface area contributed by atoms with E-state index in [-0.39, 0.29) is 0 Å². The highest BCUT2D eigenvalue weighted by molar-refractivity contribution is 6.32. The number of oxazole rings is 1. The van der Waals surface area contributed by atoms with Crippen molar-refractivity contribution in [3.8, 4) is 40.2 Å². The van der Waals surface area contributed by atoms with Gasteiger partial charge in [0.25, 0.3) is 0 Å². The molecule has 0 N–H and O–H groups in total. The van der Waals surface area contributed by atoms with E-state index >= 15 is 0 Å². The van der Waals surface area contributed by atoms with Crippen molar-refractivity contribution in [2.45, 2.75) is 131 Å². The van der Waals surface area contributed by atoms with E-state index in [9.17, 15) is 0 Å². The second-order valence-corrected chi connectivity index (χ2v) is 16.4. The van der Waals surface area contributed by atoms with E-state index in [0.29, 0.717) is 50.3 Å². The molecule has 0 saturated carbocycles. The van der Waals surface area contributed by atoms with Gasteiger partial charge in [0.1, 0.15) is 5.52 Å². The molecule has 6 aromatic rings. The van der Waals surface area contributed by atoms with E-state index in [1.165, 1.54) is 0 Å². The molecular weight excluding hydrogens is 749 g/mol. The van der Waals surface area contributed by atoms with E-state index in [2.05, 4.69) is 94.1 Å². The molecule has 324 valence electrons. The third kappa shape index (κ3) is 10.9. The maximum atomic E-state index is 6.77. The first-order chi connectivity index (χ1) is 29.4. The summed E-state index contributed by atoms with van der Waals surface area (Å²) in [5.74, 6) is 4.28. The van der Waals surface area contributed by atoms with Gasteiger partial charge in [-0.15, -0.1) is 0 Å². The molecule has 8 nitrogen and oxygen atoms in total. The average molecular weight is 819 g/mol. The molecule has 0 aliphatic carbocycles. The summed E-state index contributed by atoms with van der Waals surface area (Å²) in [5.41, 5.74) is 3.42. The van der Waals surface area contributed by atoms with Crippen LogP contribution in [0, 0.1) is 0 Å². The number of benzene rings is 5. The van der Waals surface area contributed by atoms with E-state index < -0.39 is 0 Å². The Kier molecular flexibility index (Phi) is 16.9. The molecule has 5 aromatic carbocycles. The highest BCUT2D eigenvalue weighted by Crippen LogP contribution is 2.48. The van der Waals surface area contributed by atoms with Gasteiger partial charge < -0.3 is 33.0 Å². The predicted octanol–water partition coefficient (Wildman–Crippen LogP) is 14.9. The fourth-order valence-electron chi connectivity index (χ4n) is 7.79. The lowest BCUT2D eigenvalue weighted by molar-refractivity contribution is 0.260. The van der Waals surface area contributed by atoms with Gasteiger partial charge in [-0.25, -0.2) is 4.98 Å². The molecule has 6 rings (SSSR count). The third-order valence-corrected chi connectivity index (χ3v) is 11.3. The third-order valence-electron chi connectivity index (χ3n) is 11.3.